The Balaban J connectivity index is 5.04. The monoisotopic (exact) mass is 416 g/mol. The average molecular weight is 416 g/mol. The average Bonchev–Trinajstić information content (AvgIpc) is 2.61. The van der Waals surface area contributed by atoms with Gasteiger partial charge < -0.3 is 31.9 Å². The fraction of sp³-hybridized carbons (Fsp3) is 0.722. The summed E-state index contributed by atoms with van der Waals surface area (Å²) < 4.78 is 0. The van der Waals surface area contributed by atoms with Crippen molar-refractivity contribution in [3.63, 3.8) is 0 Å². The zero-order valence-electron chi connectivity index (χ0n) is 17.4. The highest BCUT2D eigenvalue weighted by atomic mass is 16.4. The Morgan fingerprint density at radius 2 is 1.34 bits per heavy atom. The smallest absolute Gasteiger partial charge is 0.326 e. The molecule has 0 heterocycles. The number of carboxylic acid groups (broad SMARTS) is 2. The van der Waals surface area contributed by atoms with Gasteiger partial charge in [0.25, 0.3) is 0 Å². The lowest BCUT2D eigenvalue weighted by Gasteiger charge is -2.26. The van der Waals surface area contributed by atoms with Crippen molar-refractivity contribution in [3.05, 3.63) is 0 Å². The molecule has 0 spiro atoms. The van der Waals surface area contributed by atoms with Crippen LogP contribution in [0.25, 0.3) is 0 Å². The molecular weight excluding hydrogens is 384 g/mol. The van der Waals surface area contributed by atoms with Gasteiger partial charge in [0.15, 0.2) is 0 Å². The number of hydrogen-bond acceptors (Lipinski definition) is 6. The highest BCUT2D eigenvalue weighted by molar-refractivity contribution is 5.94. The minimum atomic E-state index is -1.32. The summed E-state index contributed by atoms with van der Waals surface area (Å²) in [6, 6.07) is -4.53. The van der Waals surface area contributed by atoms with E-state index >= 15 is 0 Å². The van der Waals surface area contributed by atoms with Gasteiger partial charge in [-0.1, -0.05) is 34.1 Å². The van der Waals surface area contributed by atoms with Gasteiger partial charge in [0, 0.05) is 0 Å². The summed E-state index contributed by atoms with van der Waals surface area (Å²) in [6.07, 6.45) is -0.0562. The van der Waals surface area contributed by atoms with E-state index in [1.807, 2.05) is 0 Å². The van der Waals surface area contributed by atoms with Crippen molar-refractivity contribution in [1.29, 1.82) is 0 Å². The molecule has 0 saturated heterocycles. The van der Waals surface area contributed by atoms with Gasteiger partial charge in [-0.05, 0) is 18.8 Å². The molecule has 29 heavy (non-hydrogen) atoms. The van der Waals surface area contributed by atoms with Crippen LogP contribution in [0.2, 0.25) is 0 Å². The Morgan fingerprint density at radius 1 is 0.828 bits per heavy atom. The molecule has 0 aliphatic carbocycles. The van der Waals surface area contributed by atoms with Crippen molar-refractivity contribution in [1.82, 2.24) is 16.0 Å². The summed E-state index contributed by atoms with van der Waals surface area (Å²) in [4.78, 5) is 58.8. The predicted octanol–water partition coefficient (Wildman–Crippen LogP) is -0.951. The van der Waals surface area contributed by atoms with Crippen LogP contribution in [0, 0.1) is 11.8 Å². The van der Waals surface area contributed by atoms with Gasteiger partial charge in [-0.25, -0.2) is 4.79 Å². The van der Waals surface area contributed by atoms with Gasteiger partial charge in [-0.2, -0.15) is 0 Å². The number of carbonyl (C=O) groups is 5. The van der Waals surface area contributed by atoms with Crippen LogP contribution < -0.4 is 21.7 Å². The zero-order chi connectivity index (χ0) is 22.9. The fourth-order valence-corrected chi connectivity index (χ4v) is 2.41. The molecule has 11 heteroatoms. The molecule has 5 atom stereocenters. The molecular formula is C18H32N4O7. The SMILES string of the molecule is CCC(C)C(NC(=O)C(C)NC(=O)C(NC(=O)C(N)CC(=O)O)C(C)C)C(=O)O. The van der Waals surface area contributed by atoms with Crippen LogP contribution in [0.5, 0.6) is 0 Å². The number of carbonyl (C=O) groups excluding carboxylic acids is 3. The maximum absolute atomic E-state index is 12.5. The van der Waals surface area contributed by atoms with E-state index in [9.17, 15) is 29.1 Å². The van der Waals surface area contributed by atoms with Crippen LogP contribution in [-0.4, -0.2) is 64.0 Å². The van der Waals surface area contributed by atoms with E-state index in [0.29, 0.717) is 6.42 Å². The standard InChI is InChI=1S/C18H32N4O7/c1-6-9(4)14(18(28)29)22-15(25)10(5)20-17(27)13(8(2)3)21-16(26)11(19)7-12(23)24/h8-11,13-14H,6-7,19H2,1-5H3,(H,20,27)(H,21,26)(H,22,25)(H,23,24)(H,28,29). The molecule has 0 radical (unpaired) electrons. The molecule has 7 N–H and O–H groups in total. The number of aliphatic carboxylic acids is 2. The Morgan fingerprint density at radius 3 is 1.76 bits per heavy atom. The second-order valence-electron chi connectivity index (χ2n) is 7.37. The molecule has 0 fully saturated rings. The van der Waals surface area contributed by atoms with Crippen molar-refractivity contribution in [2.75, 3.05) is 0 Å². The second kappa shape index (κ2) is 12.0. The summed E-state index contributed by atoms with van der Waals surface area (Å²) >= 11 is 0. The van der Waals surface area contributed by atoms with Gasteiger partial charge in [-0.15, -0.1) is 0 Å². The van der Waals surface area contributed by atoms with Gasteiger partial charge >= 0.3 is 11.9 Å². The van der Waals surface area contributed by atoms with Crippen molar-refractivity contribution in [2.24, 2.45) is 17.6 Å². The van der Waals surface area contributed by atoms with E-state index < -0.39 is 60.2 Å². The highest BCUT2D eigenvalue weighted by Gasteiger charge is 2.31. The van der Waals surface area contributed by atoms with Gasteiger partial charge in [0.2, 0.25) is 17.7 Å². The van der Waals surface area contributed by atoms with Crippen molar-refractivity contribution >= 4 is 29.7 Å². The quantitative estimate of drug-likeness (QED) is 0.235. The van der Waals surface area contributed by atoms with Crippen molar-refractivity contribution < 1.29 is 34.2 Å². The molecule has 0 saturated carbocycles. The number of hydrogen-bond donors (Lipinski definition) is 6. The van der Waals surface area contributed by atoms with Gasteiger partial charge in [-0.3, -0.25) is 19.2 Å². The lowest BCUT2D eigenvalue weighted by atomic mass is 9.99. The number of amides is 3. The van der Waals surface area contributed by atoms with Gasteiger partial charge in [0.05, 0.1) is 12.5 Å². The van der Waals surface area contributed by atoms with E-state index in [1.165, 1.54) is 6.92 Å². The normalized spacial score (nSPS) is 16.1. The Kier molecular flexibility index (Phi) is 10.9. The minimum Gasteiger partial charge on any atom is -0.481 e. The molecule has 0 aliphatic heterocycles. The summed E-state index contributed by atoms with van der Waals surface area (Å²) in [7, 11) is 0. The fourth-order valence-electron chi connectivity index (χ4n) is 2.41. The largest absolute Gasteiger partial charge is 0.481 e. The first-order valence-corrected chi connectivity index (χ1v) is 9.43. The van der Waals surface area contributed by atoms with Crippen molar-refractivity contribution in [2.45, 2.75) is 71.6 Å². The molecule has 0 aromatic rings. The molecule has 0 bridgehead atoms. The first kappa shape index (κ1) is 26.3. The molecule has 0 rings (SSSR count). The predicted molar refractivity (Wildman–Crippen MR) is 104 cm³/mol. The number of nitrogens with two attached hydrogens (primary N) is 1. The van der Waals surface area contributed by atoms with E-state index in [2.05, 4.69) is 16.0 Å². The van der Waals surface area contributed by atoms with Crippen LogP contribution in [0.15, 0.2) is 0 Å². The van der Waals surface area contributed by atoms with Crippen molar-refractivity contribution in [3.8, 4) is 0 Å². The lowest BCUT2D eigenvalue weighted by molar-refractivity contribution is -0.143. The van der Waals surface area contributed by atoms with Crippen LogP contribution in [0.1, 0.15) is 47.5 Å². The molecule has 5 unspecified atom stereocenters. The second-order valence-corrected chi connectivity index (χ2v) is 7.37. The van der Waals surface area contributed by atoms with Gasteiger partial charge in [0.1, 0.15) is 18.1 Å². The van der Waals surface area contributed by atoms with Crippen LogP contribution in [0.3, 0.4) is 0 Å². The molecule has 3 amide bonds. The third-order valence-corrected chi connectivity index (χ3v) is 4.51. The molecule has 0 aromatic heterocycles. The number of rotatable bonds is 12. The minimum absolute atomic E-state index is 0.308. The summed E-state index contributed by atoms with van der Waals surface area (Å²) in [6.45, 7) is 8.18. The summed E-state index contributed by atoms with van der Waals surface area (Å²) in [5.41, 5.74) is 5.50. The molecule has 11 nitrogen and oxygen atoms in total. The third kappa shape index (κ3) is 8.90. The topological polar surface area (TPSA) is 188 Å². The van der Waals surface area contributed by atoms with E-state index in [-0.39, 0.29) is 11.8 Å². The molecule has 0 aromatic carbocycles. The molecule has 166 valence electrons. The van der Waals surface area contributed by atoms with Crippen LogP contribution >= 0.6 is 0 Å². The first-order valence-electron chi connectivity index (χ1n) is 9.43. The summed E-state index contributed by atoms with van der Waals surface area (Å²) in [5, 5.41) is 25.2. The van der Waals surface area contributed by atoms with Crippen LogP contribution in [-0.2, 0) is 24.0 Å². The Labute approximate surface area is 169 Å². The maximum Gasteiger partial charge on any atom is 0.326 e. The zero-order valence-corrected chi connectivity index (χ0v) is 17.4. The van der Waals surface area contributed by atoms with E-state index in [1.54, 1.807) is 27.7 Å². The number of nitrogens with one attached hydrogen (secondary N) is 3. The third-order valence-electron chi connectivity index (χ3n) is 4.51. The lowest BCUT2D eigenvalue weighted by Crippen LogP contribution is -2.58. The number of carboxylic acids is 2. The highest BCUT2D eigenvalue weighted by Crippen LogP contribution is 2.08. The van der Waals surface area contributed by atoms with E-state index in [0.717, 1.165) is 0 Å². The Bertz CT molecular complexity index is 623. The Hall–Kier alpha value is -2.69. The first-order chi connectivity index (χ1) is 13.3. The molecule has 0 aliphatic rings. The van der Waals surface area contributed by atoms with E-state index in [4.69, 9.17) is 10.8 Å². The summed E-state index contributed by atoms with van der Waals surface area (Å²) in [5.74, 6) is -5.27. The maximum atomic E-state index is 12.5. The van der Waals surface area contributed by atoms with Crippen LogP contribution in [0.4, 0.5) is 0 Å².